The van der Waals surface area contributed by atoms with Crippen LogP contribution in [0.4, 0.5) is 5.69 Å². The summed E-state index contributed by atoms with van der Waals surface area (Å²) < 4.78 is 6.20. The first-order valence-electron chi connectivity index (χ1n) is 9.48. The summed E-state index contributed by atoms with van der Waals surface area (Å²) in [5, 5.41) is 12.7. The number of phenolic OH excluding ortho intramolecular Hbond substituents is 1. The van der Waals surface area contributed by atoms with Crippen molar-refractivity contribution in [1.29, 1.82) is 0 Å². The van der Waals surface area contributed by atoms with Gasteiger partial charge >= 0.3 is 0 Å². The second-order valence-corrected chi connectivity index (χ2v) is 7.24. The molecule has 0 radical (unpaired) electrons. The highest BCUT2D eigenvalue weighted by atomic mass is 16.5. The number of benzene rings is 2. The Morgan fingerprint density at radius 3 is 2.36 bits per heavy atom. The molecule has 2 aromatic rings. The first kappa shape index (κ1) is 19.7. The number of ether oxygens (including phenoxy) is 1. The second kappa shape index (κ2) is 8.33. The molecule has 148 valence electrons. The Morgan fingerprint density at radius 2 is 1.75 bits per heavy atom. The highest BCUT2D eigenvalue weighted by Gasteiger charge is 2.27. The van der Waals surface area contributed by atoms with Gasteiger partial charge in [0, 0.05) is 38.5 Å². The minimum Gasteiger partial charge on any atom is -0.507 e. The van der Waals surface area contributed by atoms with E-state index in [0.29, 0.717) is 18.8 Å². The van der Waals surface area contributed by atoms with Crippen molar-refractivity contribution in [3.63, 3.8) is 0 Å². The maximum atomic E-state index is 12.8. The molecule has 1 saturated heterocycles. The molecule has 0 unspecified atom stereocenters. The van der Waals surface area contributed by atoms with Gasteiger partial charge in [-0.05, 0) is 43.2 Å². The molecule has 0 aliphatic carbocycles. The van der Waals surface area contributed by atoms with Gasteiger partial charge in [-0.3, -0.25) is 9.59 Å². The van der Waals surface area contributed by atoms with E-state index < -0.39 is 0 Å². The van der Waals surface area contributed by atoms with Crippen molar-refractivity contribution >= 4 is 17.5 Å². The molecule has 3 rings (SSSR count). The van der Waals surface area contributed by atoms with Crippen LogP contribution < -0.4 is 10.1 Å². The maximum Gasteiger partial charge on any atom is 0.257 e. The Bertz CT molecular complexity index is 866. The van der Waals surface area contributed by atoms with E-state index >= 15 is 0 Å². The molecule has 28 heavy (non-hydrogen) atoms. The van der Waals surface area contributed by atoms with E-state index in [-0.39, 0.29) is 29.2 Å². The third kappa shape index (κ3) is 4.44. The van der Waals surface area contributed by atoms with E-state index in [1.54, 1.807) is 11.0 Å². The van der Waals surface area contributed by atoms with Crippen molar-refractivity contribution in [2.24, 2.45) is 0 Å². The largest absolute Gasteiger partial charge is 0.507 e. The van der Waals surface area contributed by atoms with Crippen LogP contribution >= 0.6 is 0 Å². The topological polar surface area (TPSA) is 78.9 Å². The third-order valence-electron chi connectivity index (χ3n) is 4.97. The van der Waals surface area contributed by atoms with Crippen molar-refractivity contribution in [3.05, 3.63) is 53.1 Å². The van der Waals surface area contributed by atoms with Gasteiger partial charge in [0.05, 0.1) is 5.56 Å². The molecule has 1 aliphatic rings. The summed E-state index contributed by atoms with van der Waals surface area (Å²) in [6.45, 7) is 6.57. The Kier molecular flexibility index (Phi) is 5.87. The molecule has 0 spiro atoms. The Morgan fingerprint density at radius 1 is 1.11 bits per heavy atom. The first-order chi connectivity index (χ1) is 13.3. The number of hydrogen-bond donors (Lipinski definition) is 2. The summed E-state index contributed by atoms with van der Waals surface area (Å²) in [7, 11) is 0. The fourth-order valence-electron chi connectivity index (χ4n) is 3.49. The number of phenols is 1. The third-order valence-corrected chi connectivity index (χ3v) is 4.97. The number of likely N-dealkylation sites (tertiary alicyclic amines) is 1. The van der Waals surface area contributed by atoms with E-state index in [1.807, 2.05) is 32.0 Å². The lowest BCUT2D eigenvalue weighted by atomic mass is 10.0. The van der Waals surface area contributed by atoms with Crippen LogP contribution in [0.25, 0.3) is 0 Å². The van der Waals surface area contributed by atoms with Crippen LogP contribution in [0.5, 0.6) is 11.5 Å². The first-order valence-corrected chi connectivity index (χ1v) is 9.48. The highest BCUT2D eigenvalue weighted by Crippen LogP contribution is 2.28. The van der Waals surface area contributed by atoms with Crippen molar-refractivity contribution in [2.45, 2.75) is 39.7 Å². The lowest BCUT2D eigenvalue weighted by molar-refractivity contribution is -0.114. The van der Waals surface area contributed by atoms with Crippen molar-refractivity contribution in [3.8, 4) is 11.5 Å². The quantitative estimate of drug-likeness (QED) is 0.791. The SMILES string of the molecule is CC(=O)Nc1ccc(O)c(C(=O)N2CCC(Oc3c(C)cccc3C)CC2)c1. The average Bonchev–Trinajstić information content (AvgIpc) is 2.66. The van der Waals surface area contributed by atoms with E-state index in [9.17, 15) is 14.7 Å². The number of anilines is 1. The number of rotatable bonds is 4. The summed E-state index contributed by atoms with van der Waals surface area (Å²) >= 11 is 0. The van der Waals surface area contributed by atoms with Crippen molar-refractivity contribution in [2.75, 3.05) is 18.4 Å². The molecule has 0 saturated carbocycles. The lowest BCUT2D eigenvalue weighted by Gasteiger charge is -2.33. The Hall–Kier alpha value is -3.02. The molecule has 1 fully saturated rings. The van der Waals surface area contributed by atoms with Crippen molar-refractivity contribution in [1.82, 2.24) is 4.90 Å². The predicted molar refractivity (Wildman–Crippen MR) is 108 cm³/mol. The number of carbonyl (C=O) groups is 2. The molecule has 2 amide bonds. The van der Waals surface area contributed by atoms with Crippen LogP contribution in [0.1, 0.15) is 41.3 Å². The lowest BCUT2D eigenvalue weighted by Crippen LogP contribution is -2.42. The smallest absolute Gasteiger partial charge is 0.257 e. The summed E-state index contributed by atoms with van der Waals surface area (Å²) in [5.41, 5.74) is 2.90. The van der Waals surface area contributed by atoms with Crippen LogP contribution in [0, 0.1) is 13.8 Å². The summed E-state index contributed by atoms with van der Waals surface area (Å²) in [6, 6.07) is 10.6. The summed E-state index contributed by atoms with van der Waals surface area (Å²) in [4.78, 5) is 25.8. The predicted octanol–water partition coefficient (Wildman–Crippen LogP) is 3.65. The molecule has 2 aromatic carbocycles. The molecule has 6 heteroatoms. The molecule has 0 aromatic heterocycles. The van der Waals surface area contributed by atoms with Gasteiger partial charge in [-0.2, -0.15) is 0 Å². The van der Waals surface area contributed by atoms with Gasteiger partial charge in [-0.25, -0.2) is 0 Å². The second-order valence-electron chi connectivity index (χ2n) is 7.24. The zero-order valence-electron chi connectivity index (χ0n) is 16.5. The van der Waals surface area contributed by atoms with E-state index in [2.05, 4.69) is 5.32 Å². The average molecular weight is 382 g/mol. The van der Waals surface area contributed by atoms with Gasteiger partial charge < -0.3 is 20.1 Å². The molecule has 6 nitrogen and oxygen atoms in total. The maximum absolute atomic E-state index is 12.8. The molecule has 1 aliphatic heterocycles. The number of aromatic hydroxyl groups is 1. The highest BCUT2D eigenvalue weighted by molar-refractivity contribution is 5.99. The number of para-hydroxylation sites is 1. The fraction of sp³-hybridized carbons (Fsp3) is 0.364. The van der Waals surface area contributed by atoms with E-state index in [1.165, 1.54) is 19.1 Å². The molecule has 2 N–H and O–H groups in total. The fourth-order valence-corrected chi connectivity index (χ4v) is 3.49. The summed E-state index contributed by atoms with van der Waals surface area (Å²) in [6.07, 6.45) is 1.51. The summed E-state index contributed by atoms with van der Waals surface area (Å²) in [5.74, 6) is 0.365. The minimum absolute atomic E-state index is 0.0585. The van der Waals surface area contributed by atoms with Crippen LogP contribution in [-0.4, -0.2) is 41.0 Å². The van der Waals surface area contributed by atoms with Gasteiger partial charge in [0.15, 0.2) is 0 Å². The van der Waals surface area contributed by atoms with Crippen LogP contribution in [0.15, 0.2) is 36.4 Å². The Balaban J connectivity index is 1.65. The van der Waals surface area contributed by atoms with Crippen LogP contribution in [0.2, 0.25) is 0 Å². The van der Waals surface area contributed by atoms with E-state index in [0.717, 1.165) is 29.7 Å². The Labute approximate surface area is 165 Å². The van der Waals surface area contributed by atoms with Crippen LogP contribution in [-0.2, 0) is 4.79 Å². The van der Waals surface area contributed by atoms with Gasteiger partial charge in [-0.1, -0.05) is 18.2 Å². The molecule has 1 heterocycles. The number of hydrogen-bond acceptors (Lipinski definition) is 4. The molecule has 0 bridgehead atoms. The normalized spacial score (nSPS) is 14.6. The zero-order valence-corrected chi connectivity index (χ0v) is 16.5. The number of nitrogens with one attached hydrogen (secondary N) is 1. The van der Waals surface area contributed by atoms with Crippen molar-refractivity contribution < 1.29 is 19.4 Å². The number of amides is 2. The van der Waals surface area contributed by atoms with E-state index in [4.69, 9.17) is 4.74 Å². The van der Waals surface area contributed by atoms with Gasteiger partial charge in [0.1, 0.15) is 17.6 Å². The standard InChI is InChI=1S/C22H26N2O4/c1-14-5-4-6-15(2)21(14)28-18-9-11-24(12-10-18)22(27)19-13-17(23-16(3)25)7-8-20(19)26/h4-8,13,18,26H,9-12H2,1-3H3,(H,23,25). The van der Waals surface area contributed by atoms with Crippen LogP contribution in [0.3, 0.4) is 0 Å². The monoisotopic (exact) mass is 382 g/mol. The van der Waals surface area contributed by atoms with Gasteiger partial charge in [0.2, 0.25) is 5.91 Å². The minimum atomic E-state index is -0.241. The molecular weight excluding hydrogens is 356 g/mol. The number of aryl methyl sites for hydroxylation is 2. The van der Waals surface area contributed by atoms with Gasteiger partial charge in [0.25, 0.3) is 5.91 Å². The zero-order chi connectivity index (χ0) is 20.3. The molecular formula is C22H26N2O4. The number of piperidine rings is 1. The number of carbonyl (C=O) groups excluding carboxylic acids is 2. The van der Waals surface area contributed by atoms with Gasteiger partial charge in [-0.15, -0.1) is 0 Å². The molecule has 0 atom stereocenters. The number of nitrogens with zero attached hydrogens (tertiary/aromatic N) is 1.